The predicted molar refractivity (Wildman–Crippen MR) is 119 cm³/mol. The number of hydrogen-bond donors (Lipinski definition) is 0. The Bertz CT molecular complexity index is 933. The molecule has 1 aliphatic carbocycles. The van der Waals surface area contributed by atoms with Gasteiger partial charge in [-0.2, -0.15) is 0 Å². The molecule has 4 nitrogen and oxygen atoms in total. The smallest absolute Gasteiger partial charge is 0.288 e. The average Bonchev–Trinajstić information content (AvgIpc) is 2.67. The molecule has 2 unspecified atom stereocenters. The van der Waals surface area contributed by atoms with E-state index in [4.69, 9.17) is 11.6 Å². The van der Waals surface area contributed by atoms with Crippen LogP contribution in [0.3, 0.4) is 0 Å². The maximum atomic E-state index is 13.0. The largest absolute Gasteiger partial charge is 0.301 e. The van der Waals surface area contributed by atoms with Gasteiger partial charge in [-0.05, 0) is 68.9 Å². The molecule has 2 aliphatic heterocycles. The highest BCUT2D eigenvalue weighted by Gasteiger charge is 2.44. The second-order valence-electron chi connectivity index (χ2n) is 9.95. The van der Waals surface area contributed by atoms with Gasteiger partial charge in [-0.3, -0.25) is 9.69 Å². The summed E-state index contributed by atoms with van der Waals surface area (Å²) in [5, 5.41) is 0.103. The molecular weight excluding hydrogens is 382 g/mol. The minimum Gasteiger partial charge on any atom is -0.301 e. The number of fused-ring (bicyclic) bond motifs is 3. The Balaban J connectivity index is 1.49. The second-order valence-corrected chi connectivity index (χ2v) is 10.3. The van der Waals surface area contributed by atoms with Crippen molar-refractivity contribution >= 4 is 22.6 Å². The van der Waals surface area contributed by atoms with Gasteiger partial charge in [0.25, 0.3) is 5.56 Å². The Morgan fingerprint density at radius 2 is 1.55 bits per heavy atom. The van der Waals surface area contributed by atoms with Crippen LogP contribution in [0.4, 0.5) is 0 Å². The summed E-state index contributed by atoms with van der Waals surface area (Å²) in [6.45, 7) is 4.85. The van der Waals surface area contributed by atoms with Crippen molar-refractivity contribution in [2.75, 3.05) is 0 Å². The average molecular weight is 414 g/mol. The third-order valence-corrected chi connectivity index (χ3v) is 7.95. The summed E-state index contributed by atoms with van der Waals surface area (Å²) in [5.41, 5.74) is 1.62. The van der Waals surface area contributed by atoms with Gasteiger partial charge in [0, 0.05) is 24.2 Å². The van der Waals surface area contributed by atoms with Crippen LogP contribution in [0.15, 0.2) is 29.1 Å². The van der Waals surface area contributed by atoms with Crippen LogP contribution >= 0.6 is 11.6 Å². The predicted octanol–water partition coefficient (Wildman–Crippen LogP) is 5.43. The van der Waals surface area contributed by atoms with Crippen molar-refractivity contribution in [2.24, 2.45) is 11.8 Å². The molecule has 0 N–H and O–H groups in total. The Hall–Kier alpha value is -1.39. The number of rotatable bonds is 2. The topological polar surface area (TPSA) is 38.1 Å². The number of nitrogens with zero attached hydrogens (tertiary/aromatic N) is 3. The highest BCUT2D eigenvalue weighted by atomic mass is 35.5. The third kappa shape index (κ3) is 3.53. The van der Waals surface area contributed by atoms with Crippen molar-refractivity contribution in [1.82, 2.24) is 14.5 Å². The van der Waals surface area contributed by atoms with Crippen molar-refractivity contribution in [3.05, 3.63) is 39.8 Å². The molecule has 5 rings (SSSR count). The molecule has 6 atom stereocenters. The molecule has 5 heteroatoms. The number of aromatic nitrogens is 2. The van der Waals surface area contributed by atoms with Crippen LogP contribution in [0, 0.1) is 11.8 Å². The number of benzene rings is 1. The standard InChI is InChI=1S/C24H32ClN3O/c1-15-10-16(2)12-19(11-15)27-17-6-5-7-18(27)14-20(13-17)28-22-9-4-3-8-21(22)26-23(25)24(28)29/h3-4,8-9,15-20H,5-7,10-14H2,1-2H3/t15-,16+,17-,18+,19?,20?. The Morgan fingerprint density at radius 3 is 2.24 bits per heavy atom. The van der Waals surface area contributed by atoms with Crippen molar-refractivity contribution in [2.45, 2.75) is 89.4 Å². The van der Waals surface area contributed by atoms with E-state index in [9.17, 15) is 4.79 Å². The van der Waals surface area contributed by atoms with Gasteiger partial charge in [-0.25, -0.2) is 4.98 Å². The van der Waals surface area contributed by atoms with Crippen LogP contribution < -0.4 is 5.56 Å². The fourth-order valence-electron chi connectivity index (χ4n) is 6.83. The van der Waals surface area contributed by atoms with Crippen LogP contribution in [0.25, 0.3) is 11.0 Å². The Kier molecular flexibility index (Phi) is 5.19. The molecular formula is C24H32ClN3O. The van der Waals surface area contributed by atoms with Gasteiger partial charge >= 0.3 is 0 Å². The summed E-state index contributed by atoms with van der Waals surface area (Å²) in [7, 11) is 0. The van der Waals surface area contributed by atoms with Gasteiger partial charge in [-0.15, -0.1) is 0 Å². The summed E-state index contributed by atoms with van der Waals surface area (Å²) in [5.74, 6) is 1.65. The first-order chi connectivity index (χ1) is 14.0. The third-order valence-electron chi connectivity index (χ3n) is 7.70. The summed E-state index contributed by atoms with van der Waals surface area (Å²) in [6.07, 6.45) is 10.0. The van der Waals surface area contributed by atoms with E-state index in [2.05, 4.69) is 23.7 Å². The van der Waals surface area contributed by atoms with E-state index >= 15 is 0 Å². The minimum absolute atomic E-state index is 0.103. The lowest BCUT2D eigenvalue weighted by Gasteiger charge is -2.54. The molecule has 2 saturated heterocycles. The summed E-state index contributed by atoms with van der Waals surface area (Å²) in [4.78, 5) is 20.2. The van der Waals surface area contributed by atoms with Gasteiger partial charge in [0.1, 0.15) is 0 Å². The molecule has 3 heterocycles. The second kappa shape index (κ2) is 7.70. The molecule has 2 bridgehead atoms. The van der Waals surface area contributed by atoms with Crippen molar-refractivity contribution < 1.29 is 0 Å². The number of piperidine rings is 2. The first-order valence-corrected chi connectivity index (χ1v) is 11.8. The van der Waals surface area contributed by atoms with Gasteiger partial charge in [0.15, 0.2) is 5.15 Å². The highest BCUT2D eigenvalue weighted by Crippen LogP contribution is 2.44. The minimum atomic E-state index is -0.123. The van der Waals surface area contributed by atoms with Gasteiger partial charge in [-0.1, -0.05) is 44.0 Å². The summed E-state index contributed by atoms with van der Waals surface area (Å²) >= 11 is 6.26. The quantitative estimate of drug-likeness (QED) is 0.658. The maximum absolute atomic E-state index is 13.0. The first-order valence-electron chi connectivity index (χ1n) is 11.5. The zero-order chi connectivity index (χ0) is 20.1. The fourth-order valence-corrected chi connectivity index (χ4v) is 7.01. The van der Waals surface area contributed by atoms with Crippen LogP contribution in [-0.4, -0.2) is 32.6 Å². The molecule has 0 amide bonds. The molecule has 3 fully saturated rings. The Morgan fingerprint density at radius 1 is 0.897 bits per heavy atom. The number of hydrogen-bond acceptors (Lipinski definition) is 3. The molecule has 3 aliphatic rings. The maximum Gasteiger partial charge on any atom is 0.288 e. The van der Waals surface area contributed by atoms with Crippen LogP contribution in [0.5, 0.6) is 0 Å². The normalized spacial score (nSPS) is 35.7. The van der Waals surface area contributed by atoms with E-state index in [0.717, 1.165) is 41.8 Å². The molecule has 1 saturated carbocycles. The van der Waals surface area contributed by atoms with Crippen molar-refractivity contribution in [3.63, 3.8) is 0 Å². The lowest BCUT2D eigenvalue weighted by atomic mass is 9.74. The van der Waals surface area contributed by atoms with E-state index in [1.165, 1.54) is 38.5 Å². The molecule has 2 aromatic rings. The number of halogens is 1. The SMILES string of the molecule is C[C@@H]1CC(N2[C@@H]3CCC[C@H]2CC(n2c(=O)c(Cl)nc4ccccc42)C3)C[C@H](C)C1. The molecule has 156 valence electrons. The molecule has 1 aromatic carbocycles. The van der Waals surface area contributed by atoms with Crippen molar-refractivity contribution in [3.8, 4) is 0 Å². The van der Waals surface area contributed by atoms with Crippen molar-refractivity contribution in [1.29, 1.82) is 0 Å². The molecule has 0 spiro atoms. The van der Waals surface area contributed by atoms with Crippen LogP contribution in [-0.2, 0) is 0 Å². The van der Waals surface area contributed by atoms with Crippen LogP contribution in [0.2, 0.25) is 5.15 Å². The summed E-state index contributed by atoms with van der Waals surface area (Å²) in [6, 6.07) is 10.1. The van der Waals surface area contributed by atoms with Gasteiger partial charge in [0.2, 0.25) is 0 Å². The van der Waals surface area contributed by atoms with E-state index < -0.39 is 0 Å². The Labute approximate surface area is 178 Å². The summed E-state index contributed by atoms with van der Waals surface area (Å²) < 4.78 is 1.97. The van der Waals surface area contributed by atoms with E-state index in [1.54, 1.807) is 0 Å². The van der Waals surface area contributed by atoms with Gasteiger partial charge in [0.05, 0.1) is 11.0 Å². The lowest BCUT2D eigenvalue weighted by Crippen LogP contribution is -2.58. The van der Waals surface area contributed by atoms with E-state index in [0.29, 0.717) is 12.1 Å². The lowest BCUT2D eigenvalue weighted by molar-refractivity contribution is -0.0399. The number of para-hydroxylation sites is 2. The zero-order valence-corrected chi connectivity index (χ0v) is 18.3. The first kappa shape index (κ1) is 19.6. The monoisotopic (exact) mass is 413 g/mol. The van der Waals surface area contributed by atoms with Gasteiger partial charge < -0.3 is 4.57 Å². The molecule has 29 heavy (non-hydrogen) atoms. The highest BCUT2D eigenvalue weighted by molar-refractivity contribution is 6.29. The zero-order valence-electron chi connectivity index (χ0n) is 17.6. The van der Waals surface area contributed by atoms with E-state index in [-0.39, 0.29) is 16.8 Å². The van der Waals surface area contributed by atoms with E-state index in [1.807, 2.05) is 28.8 Å². The van der Waals surface area contributed by atoms with Crippen LogP contribution in [0.1, 0.15) is 71.3 Å². The molecule has 0 radical (unpaired) electrons. The fraction of sp³-hybridized carbons (Fsp3) is 0.667. The molecule has 1 aromatic heterocycles.